The first-order valence-electron chi connectivity index (χ1n) is 35.5. The number of allylic oxidation sites excluding steroid dienone is 8. The number of benzene rings is 10. The molecule has 0 spiro atoms. The van der Waals surface area contributed by atoms with Gasteiger partial charge in [0.2, 0.25) is 0 Å². The Kier molecular flexibility index (Phi) is 45.8. The van der Waals surface area contributed by atoms with Gasteiger partial charge in [0.1, 0.15) is 0 Å². The van der Waals surface area contributed by atoms with Crippen LogP contribution in [0.3, 0.4) is 0 Å². The summed E-state index contributed by atoms with van der Waals surface area (Å²) in [6, 6.07) is 95.5. The number of fused-ring (bicyclic) bond motifs is 1. The first kappa shape index (κ1) is 100. The second kappa shape index (κ2) is 52.6. The number of carbonyl (C=O) groups excluding carboxylic acids is 4. The molecule has 0 fully saturated rings. The number of halogens is 2. The van der Waals surface area contributed by atoms with Crippen LogP contribution in [-0.4, -0.2) is 58.5 Å². The number of carbonyl (C=O) groups is 4. The van der Waals surface area contributed by atoms with Gasteiger partial charge in [0.15, 0.2) is 23.1 Å². The molecule has 3 aromatic heterocycles. The topological polar surface area (TPSA) is 188 Å². The van der Waals surface area contributed by atoms with Crippen LogP contribution in [0.2, 0.25) is 0 Å². The van der Waals surface area contributed by atoms with Gasteiger partial charge in [-0.15, -0.1) is 130 Å². The van der Waals surface area contributed by atoms with Crippen molar-refractivity contribution in [2.75, 3.05) is 0 Å². The average molecular weight is 2240 g/mol. The fourth-order valence-corrected chi connectivity index (χ4v) is 11.0. The molecule has 0 aliphatic heterocycles. The maximum absolute atomic E-state index is 15.2. The third-order valence-corrected chi connectivity index (χ3v) is 15.7. The van der Waals surface area contributed by atoms with Gasteiger partial charge >= 0.3 is 0 Å². The average Bonchev–Trinajstić information content (AvgIpc) is 0.779. The van der Waals surface area contributed by atoms with E-state index in [1.165, 1.54) is 141 Å². The minimum absolute atomic E-state index is 0. The van der Waals surface area contributed by atoms with Gasteiger partial charge < -0.3 is 35.4 Å². The molecule has 4 radical (unpaired) electrons. The van der Waals surface area contributed by atoms with E-state index < -0.39 is 11.6 Å². The van der Waals surface area contributed by atoms with Crippen LogP contribution >= 0.6 is 0 Å². The molecule has 0 saturated heterocycles. The Balaban J connectivity index is 0.000000465. The fourth-order valence-electron chi connectivity index (χ4n) is 11.0. The van der Waals surface area contributed by atoms with Crippen LogP contribution in [0.5, 0.6) is 0 Å². The van der Waals surface area contributed by atoms with Crippen molar-refractivity contribution in [3.8, 4) is 89.4 Å². The zero-order valence-corrected chi connectivity index (χ0v) is 75.6. The molecule has 0 saturated carbocycles. The van der Waals surface area contributed by atoms with Crippen LogP contribution in [0, 0.1) is 76.6 Å². The number of aliphatic hydroxyl groups excluding tert-OH is 4. The summed E-state index contributed by atoms with van der Waals surface area (Å²) in [5.41, 5.74) is 20.3. The molecule has 10 aromatic carbocycles. The fraction of sp³-hybridized carbons (Fsp3) is 0.133. The monoisotopic (exact) mass is 2250 g/mol. The summed E-state index contributed by atoms with van der Waals surface area (Å²) >= 11 is 0. The smallest absolute Gasteiger partial charge is 0.155 e. The molecule has 0 aliphatic carbocycles. The normalized spacial score (nSPS) is 10.4. The minimum atomic E-state index is -0.620. The quantitative estimate of drug-likeness (QED) is 0.0518. The van der Waals surface area contributed by atoms with Crippen LogP contribution in [0.15, 0.2) is 309 Å². The summed E-state index contributed by atoms with van der Waals surface area (Å²) in [7, 11) is 0. The first-order chi connectivity index (χ1) is 53.1. The summed E-state index contributed by atoms with van der Waals surface area (Å²) < 4.78 is 29.5. The van der Waals surface area contributed by atoms with E-state index in [2.05, 4.69) is 200 Å². The van der Waals surface area contributed by atoms with E-state index in [4.69, 9.17) is 20.4 Å². The Morgan fingerprint density at radius 3 is 1.02 bits per heavy atom. The Morgan fingerprint density at radius 1 is 0.348 bits per heavy atom. The second-order valence-corrected chi connectivity index (χ2v) is 25.7. The van der Waals surface area contributed by atoms with E-state index in [9.17, 15) is 23.6 Å². The maximum Gasteiger partial charge on any atom is 0.155 e. The van der Waals surface area contributed by atoms with Crippen molar-refractivity contribution in [2.45, 2.75) is 90.0 Å². The maximum atomic E-state index is 15.2. The van der Waals surface area contributed by atoms with E-state index in [-0.39, 0.29) is 138 Å². The third kappa shape index (κ3) is 34.8. The Morgan fingerprint density at radius 2 is 0.687 bits per heavy atom. The zero-order chi connectivity index (χ0) is 80.9. The number of rotatable bonds is 12. The Bertz CT molecular complexity index is 5140. The molecule has 0 bridgehead atoms. The Labute approximate surface area is 729 Å². The number of hydrogen-bond acceptors (Lipinski definition) is 11. The Hall–Kier alpha value is -10.8. The molecular formula is C98H90F2Ir4N3O8-5. The van der Waals surface area contributed by atoms with Crippen LogP contribution in [0.25, 0.3) is 100 Å². The van der Waals surface area contributed by atoms with Gasteiger partial charge in [-0.2, -0.15) is 28.8 Å². The van der Waals surface area contributed by atoms with Gasteiger partial charge in [-0.1, -0.05) is 187 Å². The van der Waals surface area contributed by atoms with Crippen molar-refractivity contribution in [3.05, 3.63) is 378 Å². The van der Waals surface area contributed by atoms with Gasteiger partial charge in [0.05, 0.1) is 23.0 Å². The molecule has 0 atom stereocenters. The molecule has 4 N–H and O–H groups in total. The van der Waals surface area contributed by atoms with E-state index in [0.29, 0.717) is 11.1 Å². The number of aryl methyl sites for hydroxylation is 5. The van der Waals surface area contributed by atoms with E-state index in [1.807, 2.05) is 110 Å². The van der Waals surface area contributed by atoms with Crippen LogP contribution < -0.4 is 0 Å². The molecule has 13 aromatic rings. The number of nitrogens with zero attached hydrogens (tertiary/aromatic N) is 3. The molecule has 11 nitrogen and oxygen atoms in total. The molecule has 0 aliphatic rings. The molecule has 0 amide bonds. The largest absolute Gasteiger partial charge is 0.512 e. The molecule has 115 heavy (non-hydrogen) atoms. The number of ketones is 4. The van der Waals surface area contributed by atoms with Crippen molar-refractivity contribution in [3.63, 3.8) is 0 Å². The van der Waals surface area contributed by atoms with E-state index >= 15 is 4.39 Å². The molecule has 600 valence electrons. The predicted octanol–water partition coefficient (Wildman–Crippen LogP) is 24.4. The molecule has 17 heteroatoms. The van der Waals surface area contributed by atoms with Crippen LogP contribution in [0.4, 0.5) is 8.78 Å². The van der Waals surface area contributed by atoms with Gasteiger partial charge in [0.25, 0.3) is 0 Å². The summed E-state index contributed by atoms with van der Waals surface area (Å²) in [6.45, 7) is 21.6. The standard InChI is InChI=1S/C23H14F2.C19H16N.2C18H14N.4C5H8O2.4Ir/c1-15-13-17-9-5-6-10-18(17)14-20(15)19-11-12-21(24)22(23(19)25)16-7-3-2-4-8-16;1-14-11-15(2)19(20-13-14)18-10-6-9-17(12-18)16-7-4-3-5-8-16;2*1-14-7-6-12-19-18(14)17-11-5-10-16(13-17)15-8-3-2-4-9-15;4*1-4(6)3-5(2)7;;;;/h2-10,12-13H,1H3;3-9,11-13H,1-2H3;2*2-10,12-13H,1H3;4*3,6H,1-2H3;;;;/q-2;3*-1;;;;;;;;. The van der Waals surface area contributed by atoms with Crippen molar-refractivity contribution < 1.29 is 129 Å². The van der Waals surface area contributed by atoms with Gasteiger partial charge in [-0.05, 0) is 146 Å². The van der Waals surface area contributed by atoms with Crippen molar-refractivity contribution >= 4 is 33.9 Å². The van der Waals surface area contributed by atoms with E-state index in [0.717, 1.165) is 50.1 Å². The summed E-state index contributed by atoms with van der Waals surface area (Å²) in [4.78, 5) is 53.5. The number of hydrogen-bond donors (Lipinski definition) is 4. The molecule has 3 heterocycles. The SMILES string of the molecule is CC(=O)C=C(C)O.CC(=O)C=C(C)O.CC(=O)C=C(C)O.CC(=O)C=C(C)O.Cc1cc2ccccc2[c-]c1-c1[c-]cc(F)c(-c2ccccc2)c1F.Cc1cccnc1-c1[c-]ccc(-c2ccccc2)c1.Cc1cccnc1-c1[c-]ccc(-c2ccccc2)c1.Cc1cnc(-c2[c-]ccc(-c3ccccc3)c2)c(C)c1.[Ir].[Ir].[Ir].[Ir]. The summed E-state index contributed by atoms with van der Waals surface area (Å²) in [6.07, 6.45) is 10.2. The zero-order valence-electron chi connectivity index (χ0n) is 66.0. The van der Waals surface area contributed by atoms with Gasteiger partial charge in [-0.25, -0.2) is 0 Å². The predicted molar refractivity (Wildman–Crippen MR) is 446 cm³/mol. The number of pyridine rings is 3. The second-order valence-electron chi connectivity index (χ2n) is 25.7. The van der Waals surface area contributed by atoms with Gasteiger partial charge in [-0.3, -0.25) is 28.0 Å². The van der Waals surface area contributed by atoms with Crippen molar-refractivity contribution in [2.24, 2.45) is 0 Å². The van der Waals surface area contributed by atoms with E-state index in [1.54, 1.807) is 24.3 Å². The molecular weight excluding hydrogens is 2150 g/mol. The number of aliphatic hydroxyl groups is 4. The van der Waals surface area contributed by atoms with Crippen LogP contribution in [-0.2, 0) is 99.6 Å². The van der Waals surface area contributed by atoms with Gasteiger partial charge in [0, 0.05) is 135 Å². The molecule has 13 rings (SSSR count). The first-order valence-corrected chi connectivity index (χ1v) is 35.5. The molecule has 0 unspecified atom stereocenters. The van der Waals surface area contributed by atoms with Crippen LogP contribution in [0.1, 0.15) is 83.2 Å². The third-order valence-electron chi connectivity index (χ3n) is 15.7. The summed E-state index contributed by atoms with van der Waals surface area (Å²) in [5, 5.41) is 35.4. The van der Waals surface area contributed by atoms with Crippen molar-refractivity contribution in [1.29, 1.82) is 0 Å². The number of aromatic nitrogens is 3. The minimum Gasteiger partial charge on any atom is -0.512 e. The summed E-state index contributed by atoms with van der Waals surface area (Å²) in [5.74, 6) is -1.48. The van der Waals surface area contributed by atoms with Crippen molar-refractivity contribution in [1.82, 2.24) is 15.0 Å².